The number of nitrogens with two attached hydrogens (primary N) is 1. The van der Waals surface area contributed by atoms with E-state index < -0.39 is 24.7 Å². The van der Waals surface area contributed by atoms with E-state index in [1.807, 2.05) is 6.92 Å². The van der Waals surface area contributed by atoms with Gasteiger partial charge in [-0.2, -0.15) is 13.2 Å². The molecule has 0 radical (unpaired) electrons. The molecule has 19 heavy (non-hydrogen) atoms. The highest BCUT2D eigenvalue weighted by Gasteiger charge is 2.38. The Balaban J connectivity index is 2.60. The number of alkyl halides is 3. The maximum Gasteiger partial charge on any atom is 0.406 e. The maximum absolute atomic E-state index is 12.5. The first kappa shape index (κ1) is 16.2. The number of carbonyl (C=O) groups excluding carboxylic acids is 1. The lowest BCUT2D eigenvalue weighted by Gasteiger charge is -2.26. The van der Waals surface area contributed by atoms with Crippen LogP contribution in [-0.4, -0.2) is 48.8 Å². The van der Waals surface area contributed by atoms with E-state index in [9.17, 15) is 18.0 Å². The van der Waals surface area contributed by atoms with Crippen LogP contribution in [0.4, 0.5) is 13.2 Å². The van der Waals surface area contributed by atoms with Crippen molar-refractivity contribution in [2.24, 2.45) is 5.73 Å². The zero-order valence-corrected chi connectivity index (χ0v) is 11.1. The summed E-state index contributed by atoms with van der Waals surface area (Å²) in [6.07, 6.45) is -3.01. The van der Waals surface area contributed by atoms with Crippen molar-refractivity contribution in [3.63, 3.8) is 0 Å². The molecule has 2 N–H and O–H groups in total. The summed E-state index contributed by atoms with van der Waals surface area (Å²) < 4.78 is 42.8. The summed E-state index contributed by atoms with van der Waals surface area (Å²) in [6, 6.07) is 0. The predicted molar refractivity (Wildman–Crippen MR) is 64.5 cm³/mol. The number of unbranched alkanes of at least 4 members (excludes halogenated alkanes) is 1. The van der Waals surface area contributed by atoms with E-state index in [0.717, 1.165) is 11.3 Å². The zero-order valence-electron chi connectivity index (χ0n) is 11.1. The molecular weight excluding hydrogens is 261 g/mol. The number of halogens is 3. The van der Waals surface area contributed by atoms with Gasteiger partial charge in [-0.25, -0.2) is 0 Å². The van der Waals surface area contributed by atoms with Gasteiger partial charge in [0.2, 0.25) is 0 Å². The van der Waals surface area contributed by atoms with Gasteiger partial charge in [0.15, 0.2) is 0 Å². The number of nitrogens with zero attached hydrogens (tertiary/aromatic N) is 1. The molecule has 1 rings (SSSR count). The molecule has 1 aliphatic rings. The lowest BCUT2D eigenvalue weighted by Crippen LogP contribution is -2.45. The standard InChI is InChI=1S/C12H21F3N2O2/c1-2-3-6-17(8-12(13,14)15)11(18)10-5-4-9(7-16)19-10/h9-10H,2-8,16H2,1H3/t9-,10+/m1/s1. The highest BCUT2D eigenvalue weighted by atomic mass is 19.4. The summed E-state index contributed by atoms with van der Waals surface area (Å²) in [6.45, 7) is 1.06. The van der Waals surface area contributed by atoms with Crippen LogP contribution in [-0.2, 0) is 9.53 Å². The lowest BCUT2D eigenvalue weighted by atomic mass is 10.1. The van der Waals surface area contributed by atoms with Crippen LogP contribution in [0.2, 0.25) is 0 Å². The highest BCUT2D eigenvalue weighted by molar-refractivity contribution is 5.81. The Bertz CT molecular complexity index is 297. The van der Waals surface area contributed by atoms with Crippen molar-refractivity contribution >= 4 is 5.91 Å². The van der Waals surface area contributed by atoms with Crippen LogP contribution in [0.25, 0.3) is 0 Å². The van der Waals surface area contributed by atoms with E-state index in [2.05, 4.69) is 0 Å². The molecule has 0 aromatic heterocycles. The Kier molecular flexibility index (Phi) is 6.06. The fourth-order valence-electron chi connectivity index (χ4n) is 2.10. The first-order valence-electron chi connectivity index (χ1n) is 6.58. The molecule has 1 saturated heterocycles. The number of hydrogen-bond acceptors (Lipinski definition) is 3. The number of amides is 1. The summed E-state index contributed by atoms with van der Waals surface area (Å²) in [5, 5.41) is 0. The van der Waals surface area contributed by atoms with Crippen molar-refractivity contribution in [1.29, 1.82) is 0 Å². The average molecular weight is 282 g/mol. The van der Waals surface area contributed by atoms with Crippen LogP contribution in [0.1, 0.15) is 32.6 Å². The normalized spacial score (nSPS) is 23.6. The Morgan fingerprint density at radius 3 is 2.58 bits per heavy atom. The van der Waals surface area contributed by atoms with Gasteiger partial charge in [-0.1, -0.05) is 13.3 Å². The molecule has 7 heteroatoms. The molecule has 4 nitrogen and oxygen atoms in total. The van der Waals surface area contributed by atoms with E-state index in [0.29, 0.717) is 19.3 Å². The summed E-state index contributed by atoms with van der Waals surface area (Å²) in [5.74, 6) is -0.568. The van der Waals surface area contributed by atoms with E-state index in [-0.39, 0.29) is 19.2 Å². The second kappa shape index (κ2) is 7.09. The molecule has 0 aromatic carbocycles. The van der Waals surface area contributed by atoms with E-state index in [1.54, 1.807) is 0 Å². The summed E-state index contributed by atoms with van der Waals surface area (Å²) >= 11 is 0. The molecule has 1 amide bonds. The third kappa shape index (κ3) is 5.36. The van der Waals surface area contributed by atoms with Gasteiger partial charge in [0, 0.05) is 13.1 Å². The monoisotopic (exact) mass is 282 g/mol. The first-order chi connectivity index (χ1) is 8.87. The minimum atomic E-state index is -4.38. The molecule has 1 fully saturated rings. The van der Waals surface area contributed by atoms with Gasteiger partial charge in [0.05, 0.1) is 6.10 Å². The van der Waals surface area contributed by atoms with Crippen molar-refractivity contribution in [2.45, 2.75) is 51.0 Å². The van der Waals surface area contributed by atoms with Gasteiger partial charge >= 0.3 is 6.18 Å². The van der Waals surface area contributed by atoms with Crippen LogP contribution >= 0.6 is 0 Å². The second-order valence-electron chi connectivity index (χ2n) is 4.79. The molecule has 1 aliphatic heterocycles. The fourth-order valence-corrected chi connectivity index (χ4v) is 2.10. The summed E-state index contributed by atoms with van der Waals surface area (Å²) in [5.41, 5.74) is 5.42. The van der Waals surface area contributed by atoms with Crippen molar-refractivity contribution in [2.75, 3.05) is 19.6 Å². The molecule has 1 heterocycles. The Morgan fingerprint density at radius 1 is 1.42 bits per heavy atom. The van der Waals surface area contributed by atoms with Crippen LogP contribution in [0.15, 0.2) is 0 Å². The van der Waals surface area contributed by atoms with Crippen molar-refractivity contribution in [1.82, 2.24) is 4.90 Å². The number of ether oxygens (including phenoxy) is 1. The van der Waals surface area contributed by atoms with E-state index >= 15 is 0 Å². The first-order valence-corrected chi connectivity index (χ1v) is 6.58. The largest absolute Gasteiger partial charge is 0.406 e. The van der Waals surface area contributed by atoms with Gasteiger partial charge < -0.3 is 15.4 Å². The zero-order chi connectivity index (χ0) is 14.5. The fraction of sp³-hybridized carbons (Fsp3) is 0.917. The molecular formula is C12H21F3N2O2. The topological polar surface area (TPSA) is 55.6 Å². The second-order valence-corrected chi connectivity index (χ2v) is 4.79. The van der Waals surface area contributed by atoms with Gasteiger partial charge in [-0.15, -0.1) is 0 Å². The minimum absolute atomic E-state index is 0.113. The molecule has 2 atom stereocenters. The van der Waals surface area contributed by atoms with Crippen LogP contribution in [0, 0.1) is 0 Å². The van der Waals surface area contributed by atoms with Crippen LogP contribution < -0.4 is 5.73 Å². The third-order valence-electron chi connectivity index (χ3n) is 3.11. The van der Waals surface area contributed by atoms with Crippen molar-refractivity contribution in [3.05, 3.63) is 0 Å². The SMILES string of the molecule is CCCCN(CC(F)(F)F)C(=O)[C@@H]1CC[C@H](CN)O1. The molecule has 0 aliphatic carbocycles. The lowest BCUT2D eigenvalue weighted by molar-refractivity contribution is -0.167. The molecule has 112 valence electrons. The highest BCUT2D eigenvalue weighted by Crippen LogP contribution is 2.23. The number of rotatable bonds is 6. The maximum atomic E-state index is 12.5. The number of hydrogen-bond donors (Lipinski definition) is 1. The Hall–Kier alpha value is -0.820. The minimum Gasteiger partial charge on any atom is -0.364 e. The molecule has 0 saturated carbocycles. The van der Waals surface area contributed by atoms with Crippen molar-refractivity contribution in [3.8, 4) is 0 Å². The Labute approximate surface area is 111 Å². The van der Waals surface area contributed by atoms with Crippen molar-refractivity contribution < 1.29 is 22.7 Å². The van der Waals surface area contributed by atoms with Gasteiger partial charge in [0.1, 0.15) is 12.6 Å². The van der Waals surface area contributed by atoms with Gasteiger partial charge in [0.25, 0.3) is 5.91 Å². The van der Waals surface area contributed by atoms with E-state index in [1.165, 1.54) is 0 Å². The Morgan fingerprint density at radius 2 is 2.11 bits per heavy atom. The summed E-state index contributed by atoms with van der Waals surface area (Å²) in [4.78, 5) is 12.9. The van der Waals surface area contributed by atoms with Gasteiger partial charge in [-0.05, 0) is 19.3 Å². The third-order valence-corrected chi connectivity index (χ3v) is 3.11. The molecule has 0 spiro atoms. The molecule has 0 unspecified atom stereocenters. The van der Waals surface area contributed by atoms with Crippen LogP contribution in [0.3, 0.4) is 0 Å². The molecule has 0 aromatic rings. The van der Waals surface area contributed by atoms with Gasteiger partial charge in [-0.3, -0.25) is 4.79 Å². The molecule has 0 bridgehead atoms. The number of carbonyl (C=O) groups is 1. The van der Waals surface area contributed by atoms with E-state index in [4.69, 9.17) is 10.5 Å². The quantitative estimate of drug-likeness (QED) is 0.806. The predicted octanol–water partition coefficient (Wildman–Crippen LogP) is 1.68. The smallest absolute Gasteiger partial charge is 0.364 e. The average Bonchev–Trinajstić information content (AvgIpc) is 2.80. The summed E-state index contributed by atoms with van der Waals surface area (Å²) in [7, 11) is 0. The van der Waals surface area contributed by atoms with Crippen LogP contribution in [0.5, 0.6) is 0 Å².